The second kappa shape index (κ2) is 7.60. The van der Waals surface area contributed by atoms with Crippen LogP contribution in [0.1, 0.15) is 17.0 Å². The highest BCUT2D eigenvalue weighted by Crippen LogP contribution is 2.20. The number of benzene rings is 1. The predicted octanol–water partition coefficient (Wildman–Crippen LogP) is 3.50. The summed E-state index contributed by atoms with van der Waals surface area (Å²) in [7, 11) is 4.08. The highest BCUT2D eigenvalue weighted by Gasteiger charge is 2.00. The zero-order chi connectivity index (χ0) is 15.1. The lowest BCUT2D eigenvalue weighted by Crippen LogP contribution is -2.19. The van der Waals surface area contributed by atoms with E-state index in [0.717, 1.165) is 29.2 Å². The van der Waals surface area contributed by atoms with E-state index in [1.54, 1.807) is 0 Å². The Hall–Kier alpha value is -2.13. The largest absolute Gasteiger partial charge is 0.492 e. The number of pyridine rings is 1. The van der Waals surface area contributed by atoms with Crippen molar-refractivity contribution in [1.82, 2.24) is 9.88 Å². The van der Waals surface area contributed by atoms with Gasteiger partial charge in [-0.1, -0.05) is 24.3 Å². The second-order valence-corrected chi connectivity index (χ2v) is 5.23. The molecule has 2 aromatic rings. The molecular weight excluding hydrogens is 260 g/mol. The van der Waals surface area contributed by atoms with Gasteiger partial charge in [0, 0.05) is 17.8 Å². The molecule has 2 rings (SSSR count). The van der Waals surface area contributed by atoms with Gasteiger partial charge in [-0.2, -0.15) is 0 Å². The number of para-hydroxylation sites is 1. The van der Waals surface area contributed by atoms with Crippen molar-refractivity contribution in [3.05, 3.63) is 59.4 Å². The number of likely N-dealkylation sites (N-methyl/N-ethyl adjacent to an activating group) is 1. The fourth-order valence-corrected chi connectivity index (χ4v) is 1.92. The summed E-state index contributed by atoms with van der Waals surface area (Å²) in [5.74, 6) is 0.906. The summed E-state index contributed by atoms with van der Waals surface area (Å²) in [5.41, 5.74) is 3.05. The molecule has 0 amide bonds. The van der Waals surface area contributed by atoms with E-state index in [9.17, 15) is 0 Å². The lowest BCUT2D eigenvalue weighted by molar-refractivity contribution is 0.261. The van der Waals surface area contributed by atoms with Crippen molar-refractivity contribution in [3.63, 3.8) is 0 Å². The maximum atomic E-state index is 5.85. The van der Waals surface area contributed by atoms with Crippen molar-refractivity contribution in [3.8, 4) is 5.75 Å². The Bertz CT molecular complexity index is 606. The second-order valence-electron chi connectivity index (χ2n) is 5.23. The Kier molecular flexibility index (Phi) is 5.52. The molecule has 1 heterocycles. The topological polar surface area (TPSA) is 25.4 Å². The predicted molar refractivity (Wildman–Crippen MR) is 88.4 cm³/mol. The molecule has 3 nitrogen and oxygen atoms in total. The minimum absolute atomic E-state index is 0.681. The average Bonchev–Trinajstić information content (AvgIpc) is 2.46. The lowest BCUT2D eigenvalue weighted by Gasteiger charge is -2.12. The first-order chi connectivity index (χ1) is 10.1. The maximum Gasteiger partial charge on any atom is 0.126 e. The highest BCUT2D eigenvalue weighted by atomic mass is 16.5. The number of aryl methyl sites for hydroxylation is 1. The molecule has 3 heteroatoms. The minimum atomic E-state index is 0.681. The van der Waals surface area contributed by atoms with Gasteiger partial charge in [-0.15, -0.1) is 0 Å². The van der Waals surface area contributed by atoms with Gasteiger partial charge in [0.2, 0.25) is 0 Å². The van der Waals surface area contributed by atoms with E-state index >= 15 is 0 Å². The van der Waals surface area contributed by atoms with Gasteiger partial charge in [-0.05, 0) is 51.4 Å². The highest BCUT2D eigenvalue weighted by molar-refractivity contribution is 5.71. The molecule has 0 fully saturated rings. The smallest absolute Gasteiger partial charge is 0.126 e. The summed E-state index contributed by atoms with van der Waals surface area (Å²) in [5, 5.41) is 0. The van der Waals surface area contributed by atoms with E-state index in [4.69, 9.17) is 4.74 Å². The first kappa shape index (κ1) is 15.3. The monoisotopic (exact) mass is 282 g/mol. The normalized spacial score (nSPS) is 11.2. The molecule has 0 aliphatic carbocycles. The summed E-state index contributed by atoms with van der Waals surface area (Å²) in [6.07, 6.45) is 4.06. The van der Waals surface area contributed by atoms with Gasteiger partial charge in [-0.25, -0.2) is 0 Å². The van der Waals surface area contributed by atoms with Gasteiger partial charge in [0.05, 0.1) is 5.69 Å². The van der Waals surface area contributed by atoms with Crippen LogP contribution in [-0.2, 0) is 0 Å². The molecule has 0 radical (unpaired) electrons. The van der Waals surface area contributed by atoms with E-state index in [0.29, 0.717) is 6.61 Å². The fourth-order valence-electron chi connectivity index (χ4n) is 1.92. The van der Waals surface area contributed by atoms with E-state index in [1.165, 1.54) is 0 Å². The van der Waals surface area contributed by atoms with E-state index in [-0.39, 0.29) is 0 Å². The van der Waals surface area contributed by atoms with Crippen molar-refractivity contribution >= 4 is 12.2 Å². The van der Waals surface area contributed by atoms with Crippen LogP contribution in [0.4, 0.5) is 0 Å². The number of ether oxygens (including phenoxy) is 1. The van der Waals surface area contributed by atoms with Crippen LogP contribution in [0.2, 0.25) is 0 Å². The average molecular weight is 282 g/mol. The zero-order valence-electron chi connectivity index (χ0n) is 12.9. The number of hydrogen-bond acceptors (Lipinski definition) is 3. The van der Waals surface area contributed by atoms with Crippen LogP contribution in [0.15, 0.2) is 42.5 Å². The number of aromatic nitrogens is 1. The van der Waals surface area contributed by atoms with Gasteiger partial charge in [0.1, 0.15) is 12.4 Å². The summed E-state index contributed by atoms with van der Waals surface area (Å²) in [4.78, 5) is 6.58. The van der Waals surface area contributed by atoms with E-state index in [2.05, 4.69) is 16.0 Å². The Morgan fingerprint density at radius 3 is 2.62 bits per heavy atom. The molecular formula is C18H22N2O. The molecule has 1 aromatic carbocycles. The first-order valence-electron chi connectivity index (χ1n) is 7.13. The quantitative estimate of drug-likeness (QED) is 0.811. The van der Waals surface area contributed by atoms with Crippen LogP contribution >= 0.6 is 0 Å². The van der Waals surface area contributed by atoms with Gasteiger partial charge in [0.15, 0.2) is 0 Å². The van der Waals surface area contributed by atoms with E-state index < -0.39 is 0 Å². The Morgan fingerprint density at radius 1 is 1.05 bits per heavy atom. The van der Waals surface area contributed by atoms with Crippen molar-refractivity contribution in [2.24, 2.45) is 0 Å². The van der Waals surface area contributed by atoms with Crippen LogP contribution in [0.25, 0.3) is 12.2 Å². The molecule has 0 aliphatic heterocycles. The van der Waals surface area contributed by atoms with Crippen LogP contribution in [0, 0.1) is 6.92 Å². The van der Waals surface area contributed by atoms with Gasteiger partial charge in [-0.3, -0.25) is 4.98 Å². The van der Waals surface area contributed by atoms with Gasteiger partial charge >= 0.3 is 0 Å². The Labute approximate surface area is 126 Å². The Balaban J connectivity index is 2.09. The van der Waals surface area contributed by atoms with Crippen LogP contribution in [0.3, 0.4) is 0 Å². The molecule has 1 aromatic heterocycles. The molecule has 0 bridgehead atoms. The molecule has 0 saturated carbocycles. The van der Waals surface area contributed by atoms with Crippen molar-refractivity contribution in [2.45, 2.75) is 6.92 Å². The van der Waals surface area contributed by atoms with Crippen LogP contribution < -0.4 is 4.74 Å². The molecule has 110 valence electrons. The third-order valence-corrected chi connectivity index (χ3v) is 3.06. The van der Waals surface area contributed by atoms with Crippen LogP contribution in [-0.4, -0.2) is 37.1 Å². The molecule has 0 saturated heterocycles. The summed E-state index contributed by atoms with van der Waals surface area (Å²) in [6, 6.07) is 14.1. The van der Waals surface area contributed by atoms with Crippen molar-refractivity contribution < 1.29 is 4.74 Å². The van der Waals surface area contributed by atoms with Gasteiger partial charge < -0.3 is 9.64 Å². The van der Waals surface area contributed by atoms with Crippen LogP contribution in [0.5, 0.6) is 5.75 Å². The molecule has 0 atom stereocenters. The lowest BCUT2D eigenvalue weighted by atomic mass is 10.1. The molecule has 0 N–H and O–H groups in total. The maximum absolute atomic E-state index is 5.85. The van der Waals surface area contributed by atoms with Crippen molar-refractivity contribution in [2.75, 3.05) is 27.2 Å². The molecule has 0 spiro atoms. The molecule has 0 unspecified atom stereocenters. The minimum Gasteiger partial charge on any atom is -0.492 e. The van der Waals surface area contributed by atoms with E-state index in [1.807, 2.05) is 69.6 Å². The summed E-state index contributed by atoms with van der Waals surface area (Å²) >= 11 is 0. The number of nitrogens with zero attached hydrogens (tertiary/aromatic N) is 2. The third-order valence-electron chi connectivity index (χ3n) is 3.06. The third kappa shape index (κ3) is 5.04. The number of hydrogen-bond donors (Lipinski definition) is 0. The summed E-state index contributed by atoms with van der Waals surface area (Å²) in [6.45, 7) is 3.58. The van der Waals surface area contributed by atoms with Gasteiger partial charge in [0.25, 0.3) is 0 Å². The molecule has 0 aliphatic rings. The SMILES string of the molecule is Cc1cccc(/C=C/c2ccccc2OCCN(C)C)n1. The standard InChI is InChI=1S/C18H22N2O/c1-15-7-6-9-17(19-15)12-11-16-8-4-5-10-18(16)21-14-13-20(2)3/h4-12H,13-14H2,1-3H3/b12-11+. The first-order valence-corrected chi connectivity index (χ1v) is 7.13. The zero-order valence-corrected chi connectivity index (χ0v) is 12.9. The summed E-state index contributed by atoms with van der Waals surface area (Å²) < 4.78 is 5.85. The Morgan fingerprint density at radius 2 is 1.86 bits per heavy atom. The molecule has 21 heavy (non-hydrogen) atoms. The van der Waals surface area contributed by atoms with Crippen molar-refractivity contribution in [1.29, 1.82) is 0 Å². The fraction of sp³-hybridized carbons (Fsp3) is 0.278. The number of rotatable bonds is 6.